The largest absolute Gasteiger partial charge is 0.338 e. The van der Waals surface area contributed by atoms with Crippen molar-refractivity contribution in [2.75, 3.05) is 7.05 Å². The van der Waals surface area contributed by atoms with Crippen LogP contribution in [0.1, 0.15) is 42.3 Å². The summed E-state index contributed by atoms with van der Waals surface area (Å²) in [4.78, 5) is 15.8. The van der Waals surface area contributed by atoms with Gasteiger partial charge in [-0.1, -0.05) is 6.92 Å². The minimum Gasteiger partial charge on any atom is -0.338 e. The summed E-state index contributed by atoms with van der Waals surface area (Å²) in [5.74, 6) is 0.968. The van der Waals surface area contributed by atoms with E-state index in [0.717, 1.165) is 28.5 Å². The molecule has 0 aromatic carbocycles. The number of carbonyl (C=O) groups excluding carboxylic acids is 1. The van der Waals surface area contributed by atoms with E-state index in [1.165, 1.54) is 24.2 Å². The summed E-state index contributed by atoms with van der Waals surface area (Å²) >= 11 is 5.73. The van der Waals surface area contributed by atoms with Crippen molar-refractivity contribution in [2.45, 2.75) is 43.5 Å². The van der Waals surface area contributed by atoms with Gasteiger partial charge in [0.25, 0.3) is 5.91 Å². The number of nitrogens with zero attached hydrogens (tertiary/aromatic N) is 1. The third-order valence-corrected chi connectivity index (χ3v) is 5.00. The molecule has 1 amide bonds. The van der Waals surface area contributed by atoms with Crippen molar-refractivity contribution in [3.63, 3.8) is 0 Å². The van der Waals surface area contributed by atoms with Crippen molar-refractivity contribution in [1.29, 1.82) is 0 Å². The molecule has 0 atom stereocenters. The first-order valence-corrected chi connectivity index (χ1v) is 7.45. The van der Waals surface area contributed by atoms with Crippen LogP contribution in [-0.2, 0) is 0 Å². The predicted molar refractivity (Wildman–Crippen MR) is 75.1 cm³/mol. The smallest absolute Gasteiger partial charge is 0.263 e. The first kappa shape index (κ1) is 13.0. The second-order valence-electron chi connectivity index (χ2n) is 5.00. The van der Waals surface area contributed by atoms with Crippen LogP contribution in [0.5, 0.6) is 0 Å². The summed E-state index contributed by atoms with van der Waals surface area (Å²) in [6.07, 6.45) is 4.76. The van der Waals surface area contributed by atoms with Crippen LogP contribution in [0.4, 0.5) is 0 Å². The fourth-order valence-electron chi connectivity index (χ4n) is 2.41. The quantitative estimate of drug-likeness (QED) is 0.812. The van der Waals surface area contributed by atoms with Crippen LogP contribution < -0.4 is 0 Å². The normalized spacial score (nSPS) is 24.6. The molecule has 0 unspecified atom stereocenters. The average molecular weight is 269 g/mol. The van der Waals surface area contributed by atoms with Crippen molar-refractivity contribution in [3.8, 4) is 0 Å². The molecule has 17 heavy (non-hydrogen) atoms. The van der Waals surface area contributed by atoms with Gasteiger partial charge in [-0.2, -0.15) is 0 Å². The van der Waals surface area contributed by atoms with Crippen LogP contribution in [-0.4, -0.2) is 23.9 Å². The Labute approximate surface area is 112 Å². The highest BCUT2D eigenvalue weighted by molar-refractivity contribution is 7.80. The lowest BCUT2D eigenvalue weighted by Gasteiger charge is -2.33. The van der Waals surface area contributed by atoms with Gasteiger partial charge in [-0.25, -0.2) is 0 Å². The summed E-state index contributed by atoms with van der Waals surface area (Å²) in [5, 5.41) is 1.91. The molecule has 94 valence electrons. The lowest BCUT2D eigenvalue weighted by molar-refractivity contribution is 0.0684. The number of hydrogen-bond acceptors (Lipinski definition) is 3. The van der Waals surface area contributed by atoms with Gasteiger partial charge in [0.05, 0.1) is 4.88 Å². The highest BCUT2D eigenvalue weighted by Gasteiger charge is 2.25. The Hall–Kier alpha value is -0.480. The highest BCUT2D eigenvalue weighted by atomic mass is 32.1. The van der Waals surface area contributed by atoms with Crippen LogP contribution in [0, 0.1) is 5.92 Å². The molecule has 1 fully saturated rings. The Morgan fingerprint density at radius 1 is 1.41 bits per heavy atom. The number of thiophene rings is 1. The zero-order valence-electron chi connectivity index (χ0n) is 10.3. The topological polar surface area (TPSA) is 20.3 Å². The molecule has 4 heteroatoms. The van der Waals surface area contributed by atoms with Crippen LogP contribution in [0.3, 0.4) is 0 Å². The molecular weight excluding hydrogens is 250 g/mol. The molecule has 1 aromatic heterocycles. The van der Waals surface area contributed by atoms with E-state index >= 15 is 0 Å². The molecule has 0 N–H and O–H groups in total. The fraction of sp³-hybridized carbons (Fsp3) is 0.615. The monoisotopic (exact) mass is 269 g/mol. The molecule has 0 aliphatic heterocycles. The Morgan fingerprint density at radius 2 is 2.06 bits per heavy atom. The third kappa shape index (κ3) is 3.05. The van der Waals surface area contributed by atoms with Gasteiger partial charge < -0.3 is 4.90 Å². The maximum absolute atomic E-state index is 12.2. The van der Waals surface area contributed by atoms with Crippen LogP contribution in [0.25, 0.3) is 0 Å². The van der Waals surface area contributed by atoms with Crippen molar-refractivity contribution < 1.29 is 4.79 Å². The predicted octanol–water partition coefficient (Wildman–Crippen LogP) is 3.69. The summed E-state index contributed by atoms with van der Waals surface area (Å²) < 4.78 is 0. The number of amides is 1. The highest BCUT2D eigenvalue weighted by Crippen LogP contribution is 2.28. The minimum absolute atomic E-state index is 0.148. The molecule has 1 aromatic rings. The zero-order valence-corrected chi connectivity index (χ0v) is 12.1. The van der Waals surface area contributed by atoms with Gasteiger partial charge in [0.2, 0.25) is 0 Å². The van der Waals surface area contributed by atoms with Crippen LogP contribution >= 0.6 is 24.0 Å². The van der Waals surface area contributed by atoms with E-state index in [1.807, 2.05) is 23.4 Å². The summed E-state index contributed by atoms with van der Waals surface area (Å²) in [5.41, 5.74) is 0. The van der Waals surface area contributed by atoms with Gasteiger partial charge in [0, 0.05) is 23.4 Å². The molecule has 1 saturated carbocycles. The minimum atomic E-state index is 0.148. The summed E-state index contributed by atoms with van der Waals surface area (Å²) in [6.45, 7) is 2.30. The Balaban J connectivity index is 2.00. The second kappa shape index (κ2) is 5.44. The Morgan fingerprint density at radius 3 is 2.59 bits per heavy atom. The molecule has 1 aliphatic rings. The molecule has 0 spiro atoms. The van der Waals surface area contributed by atoms with E-state index in [1.54, 1.807) is 0 Å². The average Bonchev–Trinajstić information content (AvgIpc) is 2.75. The molecule has 0 saturated heterocycles. The molecule has 1 heterocycles. The van der Waals surface area contributed by atoms with Crippen molar-refractivity contribution in [1.82, 2.24) is 4.90 Å². The molecule has 1 aliphatic carbocycles. The van der Waals surface area contributed by atoms with Crippen LogP contribution in [0.15, 0.2) is 16.3 Å². The Kier molecular flexibility index (Phi) is 4.15. The molecule has 0 radical (unpaired) electrons. The van der Waals surface area contributed by atoms with Gasteiger partial charge in [-0.05, 0) is 37.7 Å². The molecule has 2 rings (SSSR count). The first-order valence-electron chi connectivity index (χ1n) is 6.12. The number of rotatable bonds is 2. The van der Waals surface area contributed by atoms with Gasteiger partial charge >= 0.3 is 0 Å². The van der Waals surface area contributed by atoms with Gasteiger partial charge in [0.1, 0.15) is 0 Å². The van der Waals surface area contributed by atoms with E-state index in [4.69, 9.17) is 0 Å². The number of carbonyl (C=O) groups is 1. The Bertz CT molecular complexity index is 394. The maximum atomic E-state index is 12.2. The summed E-state index contributed by atoms with van der Waals surface area (Å²) in [7, 11) is 1.93. The van der Waals surface area contributed by atoms with Crippen molar-refractivity contribution in [3.05, 3.63) is 16.3 Å². The standard InChI is InChI=1S/C13H19NOS2/c1-9-3-5-10(6-4-9)14(2)13(15)12-7-11(16)8-17-12/h7-10,16H,3-6H2,1-2H3. The van der Waals surface area contributed by atoms with E-state index in [9.17, 15) is 4.79 Å². The van der Waals surface area contributed by atoms with Crippen molar-refractivity contribution in [2.24, 2.45) is 5.92 Å². The molecule has 2 nitrogen and oxygen atoms in total. The second-order valence-corrected chi connectivity index (χ2v) is 6.43. The van der Waals surface area contributed by atoms with E-state index < -0.39 is 0 Å². The third-order valence-electron chi connectivity index (χ3n) is 3.65. The number of thiol groups is 1. The van der Waals surface area contributed by atoms with Crippen LogP contribution in [0.2, 0.25) is 0 Å². The molecule has 0 bridgehead atoms. The fourth-order valence-corrected chi connectivity index (χ4v) is 3.54. The lowest BCUT2D eigenvalue weighted by Crippen LogP contribution is -2.38. The summed E-state index contributed by atoms with van der Waals surface area (Å²) in [6, 6.07) is 2.28. The molecular formula is C13H19NOS2. The first-order chi connectivity index (χ1) is 8.08. The van der Waals surface area contributed by atoms with Crippen molar-refractivity contribution >= 4 is 29.9 Å². The van der Waals surface area contributed by atoms with E-state index in [-0.39, 0.29) is 5.91 Å². The SMILES string of the molecule is CC1CCC(N(C)C(=O)c2cc(S)cs2)CC1. The number of hydrogen-bond donors (Lipinski definition) is 1. The zero-order chi connectivity index (χ0) is 12.4. The lowest BCUT2D eigenvalue weighted by atomic mass is 9.87. The van der Waals surface area contributed by atoms with E-state index in [2.05, 4.69) is 19.6 Å². The van der Waals surface area contributed by atoms with Gasteiger partial charge in [-0.3, -0.25) is 4.79 Å². The maximum Gasteiger partial charge on any atom is 0.263 e. The van der Waals surface area contributed by atoms with Gasteiger partial charge in [0.15, 0.2) is 0 Å². The van der Waals surface area contributed by atoms with Gasteiger partial charge in [-0.15, -0.1) is 24.0 Å². The van der Waals surface area contributed by atoms with E-state index in [0.29, 0.717) is 6.04 Å².